The molecule has 0 saturated heterocycles. The molecule has 1 amide bonds. The van der Waals surface area contributed by atoms with Crippen LogP contribution in [0.5, 0.6) is 0 Å². The standard InChI is InChI=1S/C13H14N2O2/c1-8-4-3-5-10-6-11(7-14-9(2)16)13(17)15-12(8)10/h3-6H,7H2,1-2H3,(H,14,16)(H,15,17). The predicted octanol–water partition coefficient (Wildman–Crippen LogP) is 1.47. The van der Waals surface area contributed by atoms with Crippen molar-refractivity contribution in [3.8, 4) is 0 Å². The van der Waals surface area contributed by atoms with E-state index in [4.69, 9.17) is 0 Å². The first-order valence-corrected chi connectivity index (χ1v) is 5.44. The Bertz CT molecular complexity index is 629. The topological polar surface area (TPSA) is 62.0 Å². The third kappa shape index (κ3) is 2.36. The molecule has 88 valence electrons. The molecule has 0 unspecified atom stereocenters. The van der Waals surface area contributed by atoms with Gasteiger partial charge in [0.1, 0.15) is 0 Å². The Morgan fingerprint density at radius 1 is 1.41 bits per heavy atom. The third-order valence-electron chi connectivity index (χ3n) is 2.69. The van der Waals surface area contributed by atoms with Crippen molar-refractivity contribution in [3.05, 3.63) is 45.7 Å². The number of pyridine rings is 1. The molecule has 1 heterocycles. The summed E-state index contributed by atoms with van der Waals surface area (Å²) in [7, 11) is 0. The average Bonchev–Trinajstić information content (AvgIpc) is 2.28. The van der Waals surface area contributed by atoms with Crippen molar-refractivity contribution >= 4 is 16.8 Å². The summed E-state index contributed by atoms with van der Waals surface area (Å²) in [5.41, 5.74) is 2.30. The van der Waals surface area contributed by atoms with E-state index >= 15 is 0 Å². The number of aromatic amines is 1. The molecule has 0 fully saturated rings. The molecule has 4 heteroatoms. The van der Waals surface area contributed by atoms with Crippen LogP contribution in [0, 0.1) is 6.92 Å². The van der Waals surface area contributed by atoms with E-state index in [9.17, 15) is 9.59 Å². The second-order valence-corrected chi connectivity index (χ2v) is 4.07. The Hall–Kier alpha value is -2.10. The first kappa shape index (κ1) is 11.4. The maximum absolute atomic E-state index is 11.8. The van der Waals surface area contributed by atoms with Gasteiger partial charge in [-0.05, 0) is 23.9 Å². The molecule has 4 nitrogen and oxygen atoms in total. The van der Waals surface area contributed by atoms with Gasteiger partial charge in [0.15, 0.2) is 0 Å². The molecular weight excluding hydrogens is 216 g/mol. The van der Waals surface area contributed by atoms with Crippen LogP contribution in [0.1, 0.15) is 18.1 Å². The molecule has 0 aliphatic carbocycles. The zero-order valence-corrected chi connectivity index (χ0v) is 9.83. The minimum absolute atomic E-state index is 0.145. The lowest BCUT2D eigenvalue weighted by atomic mass is 10.1. The molecule has 1 aromatic heterocycles. The van der Waals surface area contributed by atoms with Gasteiger partial charge in [0.25, 0.3) is 5.56 Å². The van der Waals surface area contributed by atoms with E-state index in [-0.39, 0.29) is 18.0 Å². The highest BCUT2D eigenvalue weighted by molar-refractivity contribution is 5.82. The largest absolute Gasteiger partial charge is 0.352 e. The lowest BCUT2D eigenvalue weighted by Crippen LogP contribution is -2.24. The van der Waals surface area contributed by atoms with Gasteiger partial charge in [-0.1, -0.05) is 18.2 Å². The van der Waals surface area contributed by atoms with Crippen LogP contribution in [0.3, 0.4) is 0 Å². The molecule has 2 rings (SSSR count). The normalized spacial score (nSPS) is 10.5. The Morgan fingerprint density at radius 2 is 2.18 bits per heavy atom. The second-order valence-electron chi connectivity index (χ2n) is 4.07. The smallest absolute Gasteiger partial charge is 0.253 e. The van der Waals surface area contributed by atoms with E-state index in [1.54, 1.807) is 0 Å². The number of amides is 1. The van der Waals surface area contributed by atoms with Gasteiger partial charge in [-0.2, -0.15) is 0 Å². The number of benzene rings is 1. The van der Waals surface area contributed by atoms with Gasteiger partial charge in [0.05, 0.1) is 5.52 Å². The SMILES string of the molecule is CC(=O)NCc1cc2cccc(C)c2[nH]c1=O. The van der Waals surface area contributed by atoms with Crippen molar-refractivity contribution in [2.24, 2.45) is 0 Å². The highest BCUT2D eigenvalue weighted by atomic mass is 16.1. The monoisotopic (exact) mass is 230 g/mol. The van der Waals surface area contributed by atoms with Crippen molar-refractivity contribution in [2.45, 2.75) is 20.4 Å². The number of fused-ring (bicyclic) bond motifs is 1. The summed E-state index contributed by atoms with van der Waals surface area (Å²) in [5.74, 6) is -0.145. The molecule has 2 N–H and O–H groups in total. The summed E-state index contributed by atoms with van der Waals surface area (Å²) in [6, 6.07) is 7.65. The average molecular weight is 230 g/mol. The van der Waals surface area contributed by atoms with Gasteiger partial charge in [-0.15, -0.1) is 0 Å². The van der Waals surface area contributed by atoms with Gasteiger partial charge in [-0.3, -0.25) is 9.59 Å². The molecule has 17 heavy (non-hydrogen) atoms. The summed E-state index contributed by atoms with van der Waals surface area (Å²) >= 11 is 0. The zero-order valence-electron chi connectivity index (χ0n) is 9.83. The van der Waals surface area contributed by atoms with E-state index in [1.807, 2.05) is 31.2 Å². The van der Waals surface area contributed by atoms with Crippen LogP contribution in [-0.4, -0.2) is 10.9 Å². The summed E-state index contributed by atoms with van der Waals surface area (Å²) in [6.45, 7) is 3.64. The van der Waals surface area contributed by atoms with E-state index < -0.39 is 0 Å². The fraction of sp³-hybridized carbons (Fsp3) is 0.231. The molecule has 0 aliphatic heterocycles. The van der Waals surface area contributed by atoms with Crippen LogP contribution >= 0.6 is 0 Å². The van der Waals surface area contributed by atoms with Gasteiger partial charge >= 0.3 is 0 Å². The molecule has 2 aromatic rings. The number of H-pyrrole nitrogens is 1. The quantitative estimate of drug-likeness (QED) is 0.820. The second kappa shape index (κ2) is 4.41. The number of hydrogen-bond acceptors (Lipinski definition) is 2. The number of para-hydroxylation sites is 1. The first-order valence-electron chi connectivity index (χ1n) is 5.44. The zero-order chi connectivity index (χ0) is 12.4. The summed E-state index contributed by atoms with van der Waals surface area (Å²) < 4.78 is 0. The summed E-state index contributed by atoms with van der Waals surface area (Å²) in [5, 5.41) is 3.60. The molecule has 1 aromatic carbocycles. The molecule has 0 saturated carbocycles. The number of carbonyl (C=O) groups excluding carboxylic acids is 1. The molecule has 0 atom stereocenters. The van der Waals surface area contributed by atoms with Gasteiger partial charge in [0, 0.05) is 19.0 Å². The van der Waals surface area contributed by atoms with E-state index in [1.165, 1.54) is 6.92 Å². The fourth-order valence-corrected chi connectivity index (χ4v) is 1.78. The Labute approximate surface area is 98.7 Å². The molecule has 0 spiro atoms. The van der Waals surface area contributed by atoms with Crippen LogP contribution in [-0.2, 0) is 11.3 Å². The van der Waals surface area contributed by atoms with Crippen LogP contribution in [0.2, 0.25) is 0 Å². The predicted molar refractivity (Wildman–Crippen MR) is 66.8 cm³/mol. The third-order valence-corrected chi connectivity index (χ3v) is 2.69. The number of nitrogens with one attached hydrogen (secondary N) is 2. The van der Waals surface area contributed by atoms with Crippen molar-refractivity contribution < 1.29 is 4.79 Å². The minimum Gasteiger partial charge on any atom is -0.352 e. The molecular formula is C13H14N2O2. The van der Waals surface area contributed by atoms with Crippen LogP contribution < -0.4 is 10.9 Å². The van der Waals surface area contributed by atoms with Crippen molar-refractivity contribution in [1.82, 2.24) is 10.3 Å². The lowest BCUT2D eigenvalue weighted by molar-refractivity contribution is -0.119. The number of carbonyl (C=O) groups is 1. The lowest BCUT2D eigenvalue weighted by Gasteiger charge is -2.05. The molecule has 0 aliphatic rings. The molecule has 0 radical (unpaired) electrons. The van der Waals surface area contributed by atoms with Gasteiger partial charge in [-0.25, -0.2) is 0 Å². The first-order chi connectivity index (χ1) is 8.08. The number of rotatable bonds is 2. The number of aromatic nitrogens is 1. The maximum atomic E-state index is 11.8. The molecule has 0 bridgehead atoms. The van der Waals surface area contributed by atoms with Crippen molar-refractivity contribution in [2.75, 3.05) is 0 Å². The Balaban J connectivity index is 2.49. The van der Waals surface area contributed by atoms with E-state index in [0.29, 0.717) is 5.56 Å². The van der Waals surface area contributed by atoms with E-state index in [0.717, 1.165) is 16.5 Å². The number of hydrogen-bond donors (Lipinski definition) is 2. The Kier molecular flexibility index (Phi) is 2.95. The summed E-state index contributed by atoms with van der Waals surface area (Å²) in [6.07, 6.45) is 0. The number of aryl methyl sites for hydroxylation is 1. The van der Waals surface area contributed by atoms with E-state index in [2.05, 4.69) is 10.3 Å². The highest BCUT2D eigenvalue weighted by Crippen LogP contribution is 2.14. The van der Waals surface area contributed by atoms with Gasteiger partial charge in [0.2, 0.25) is 5.91 Å². The fourth-order valence-electron chi connectivity index (χ4n) is 1.78. The maximum Gasteiger partial charge on any atom is 0.253 e. The van der Waals surface area contributed by atoms with Crippen LogP contribution in [0.4, 0.5) is 0 Å². The van der Waals surface area contributed by atoms with Crippen molar-refractivity contribution in [1.29, 1.82) is 0 Å². The highest BCUT2D eigenvalue weighted by Gasteiger charge is 2.04. The summed E-state index contributed by atoms with van der Waals surface area (Å²) in [4.78, 5) is 25.5. The minimum atomic E-state index is -0.152. The Morgan fingerprint density at radius 3 is 2.88 bits per heavy atom. The van der Waals surface area contributed by atoms with Gasteiger partial charge < -0.3 is 10.3 Å². The van der Waals surface area contributed by atoms with Crippen molar-refractivity contribution in [3.63, 3.8) is 0 Å². The van der Waals surface area contributed by atoms with Crippen LogP contribution in [0.15, 0.2) is 29.1 Å². The van der Waals surface area contributed by atoms with Crippen LogP contribution in [0.25, 0.3) is 10.9 Å².